The predicted octanol–water partition coefficient (Wildman–Crippen LogP) is 5.84. The van der Waals surface area contributed by atoms with E-state index in [2.05, 4.69) is 15.9 Å². The van der Waals surface area contributed by atoms with Gasteiger partial charge in [0.2, 0.25) is 0 Å². The molecule has 2 aromatic carbocycles. The zero-order chi connectivity index (χ0) is 14.0. The summed E-state index contributed by atoms with van der Waals surface area (Å²) in [6.07, 6.45) is -4.37. The second kappa shape index (κ2) is 5.55. The third-order valence-electron chi connectivity index (χ3n) is 2.70. The maximum absolute atomic E-state index is 12.9. The molecule has 0 saturated carbocycles. The molecule has 1 unspecified atom stereocenters. The van der Waals surface area contributed by atoms with Gasteiger partial charge in [-0.3, -0.25) is 0 Å². The van der Waals surface area contributed by atoms with Crippen LogP contribution in [0.4, 0.5) is 13.2 Å². The highest BCUT2D eigenvalue weighted by Crippen LogP contribution is 2.40. The Bertz CT molecular complexity index is 564. The molecular formula is C14H9BrClF3. The third-order valence-corrected chi connectivity index (χ3v) is 3.98. The van der Waals surface area contributed by atoms with Crippen LogP contribution in [0.5, 0.6) is 0 Å². The molecule has 0 heterocycles. The van der Waals surface area contributed by atoms with E-state index in [4.69, 9.17) is 11.6 Å². The number of alkyl halides is 4. The van der Waals surface area contributed by atoms with Crippen molar-refractivity contribution in [2.45, 2.75) is 11.0 Å². The van der Waals surface area contributed by atoms with Crippen LogP contribution in [0, 0.1) is 0 Å². The van der Waals surface area contributed by atoms with Gasteiger partial charge in [-0.05, 0) is 29.3 Å². The van der Waals surface area contributed by atoms with Crippen LogP contribution in [0.3, 0.4) is 0 Å². The fraction of sp³-hybridized carbons (Fsp3) is 0.143. The van der Waals surface area contributed by atoms with E-state index in [-0.39, 0.29) is 5.56 Å². The van der Waals surface area contributed by atoms with Crippen molar-refractivity contribution in [1.29, 1.82) is 0 Å². The topological polar surface area (TPSA) is 0 Å². The average Bonchev–Trinajstić information content (AvgIpc) is 2.38. The lowest BCUT2D eigenvalue weighted by Crippen LogP contribution is -2.10. The highest BCUT2D eigenvalue weighted by Gasteiger charge is 2.34. The van der Waals surface area contributed by atoms with Crippen LogP contribution >= 0.6 is 27.5 Å². The van der Waals surface area contributed by atoms with Gasteiger partial charge in [0.1, 0.15) is 0 Å². The Hall–Kier alpha value is -1.00. The summed E-state index contributed by atoms with van der Waals surface area (Å²) in [4.78, 5) is -0.525. The van der Waals surface area contributed by atoms with Gasteiger partial charge in [-0.2, -0.15) is 13.2 Å². The lowest BCUT2D eigenvalue weighted by atomic mass is 9.99. The zero-order valence-corrected chi connectivity index (χ0v) is 11.9. The molecule has 1 atom stereocenters. The predicted molar refractivity (Wildman–Crippen MR) is 73.7 cm³/mol. The molecule has 0 aliphatic rings. The quantitative estimate of drug-likeness (QED) is 0.597. The lowest BCUT2D eigenvalue weighted by molar-refractivity contribution is -0.138. The highest BCUT2D eigenvalue weighted by molar-refractivity contribution is 9.09. The monoisotopic (exact) mass is 348 g/mol. The Kier molecular flexibility index (Phi) is 4.21. The largest absolute Gasteiger partial charge is 0.416 e. The van der Waals surface area contributed by atoms with Crippen LogP contribution in [0.15, 0.2) is 48.5 Å². The minimum atomic E-state index is -4.37. The first-order valence-electron chi connectivity index (χ1n) is 5.45. The summed E-state index contributed by atoms with van der Waals surface area (Å²) in [5.74, 6) is 0. The van der Waals surface area contributed by atoms with Gasteiger partial charge in [-0.25, -0.2) is 0 Å². The fourth-order valence-corrected chi connectivity index (χ4v) is 2.62. The molecule has 0 aromatic heterocycles. The molecule has 0 saturated heterocycles. The molecule has 5 heteroatoms. The van der Waals surface area contributed by atoms with Crippen molar-refractivity contribution in [3.05, 3.63) is 70.2 Å². The molecule has 0 spiro atoms. The first-order valence-corrected chi connectivity index (χ1v) is 6.74. The van der Waals surface area contributed by atoms with E-state index in [0.717, 1.165) is 11.6 Å². The smallest absolute Gasteiger partial charge is 0.166 e. The van der Waals surface area contributed by atoms with Gasteiger partial charge < -0.3 is 0 Å². The Morgan fingerprint density at radius 2 is 1.53 bits per heavy atom. The van der Waals surface area contributed by atoms with Gasteiger partial charge in [0.15, 0.2) is 0 Å². The van der Waals surface area contributed by atoms with Crippen LogP contribution in [0.25, 0.3) is 0 Å². The van der Waals surface area contributed by atoms with E-state index < -0.39 is 16.6 Å². The molecule has 2 rings (SSSR count). The Morgan fingerprint density at radius 3 is 2.11 bits per heavy atom. The summed E-state index contributed by atoms with van der Waals surface area (Å²) >= 11 is 9.09. The molecule has 100 valence electrons. The van der Waals surface area contributed by atoms with Crippen LogP contribution in [0.2, 0.25) is 5.02 Å². The van der Waals surface area contributed by atoms with E-state index in [1.807, 2.05) is 0 Å². The number of hydrogen-bond donors (Lipinski definition) is 0. The second-order valence-corrected chi connectivity index (χ2v) is 5.35. The minimum Gasteiger partial charge on any atom is -0.166 e. The van der Waals surface area contributed by atoms with Crippen LogP contribution in [0.1, 0.15) is 21.5 Å². The molecule has 0 N–H and O–H groups in total. The fourth-order valence-electron chi connectivity index (χ4n) is 1.79. The zero-order valence-electron chi connectivity index (χ0n) is 9.59. The second-order valence-electron chi connectivity index (χ2n) is 4.00. The number of rotatable bonds is 2. The van der Waals surface area contributed by atoms with E-state index in [9.17, 15) is 13.2 Å². The molecule has 0 aliphatic heterocycles. The number of halogens is 5. The Balaban J connectivity index is 2.44. The van der Waals surface area contributed by atoms with E-state index in [0.29, 0.717) is 5.02 Å². The van der Waals surface area contributed by atoms with Gasteiger partial charge in [-0.1, -0.05) is 57.9 Å². The molecule has 19 heavy (non-hydrogen) atoms. The molecule has 0 amide bonds. The van der Waals surface area contributed by atoms with Crippen molar-refractivity contribution in [1.82, 2.24) is 0 Å². The number of hydrogen-bond acceptors (Lipinski definition) is 0. The molecule has 0 bridgehead atoms. The Labute approximate surface area is 122 Å². The summed E-state index contributed by atoms with van der Waals surface area (Å²) in [5, 5.41) is 0.549. The van der Waals surface area contributed by atoms with Crippen molar-refractivity contribution in [3.63, 3.8) is 0 Å². The van der Waals surface area contributed by atoms with Crippen molar-refractivity contribution in [3.8, 4) is 0 Å². The lowest BCUT2D eigenvalue weighted by Gasteiger charge is -2.17. The van der Waals surface area contributed by atoms with Gasteiger partial charge in [0.05, 0.1) is 10.4 Å². The summed E-state index contributed by atoms with van der Waals surface area (Å²) in [7, 11) is 0. The van der Waals surface area contributed by atoms with Gasteiger partial charge in [0.25, 0.3) is 0 Å². The van der Waals surface area contributed by atoms with Crippen molar-refractivity contribution in [2.75, 3.05) is 0 Å². The SMILES string of the molecule is FC(F)(F)c1ccccc1C(Br)c1ccc(Cl)cc1. The molecule has 0 radical (unpaired) electrons. The molecule has 0 aliphatic carbocycles. The van der Waals surface area contributed by atoms with Crippen molar-refractivity contribution >= 4 is 27.5 Å². The van der Waals surface area contributed by atoms with Crippen molar-refractivity contribution in [2.24, 2.45) is 0 Å². The van der Waals surface area contributed by atoms with E-state index in [1.54, 1.807) is 30.3 Å². The maximum atomic E-state index is 12.9. The van der Waals surface area contributed by atoms with E-state index in [1.165, 1.54) is 12.1 Å². The average molecular weight is 350 g/mol. The maximum Gasteiger partial charge on any atom is 0.416 e. The minimum absolute atomic E-state index is 0.192. The van der Waals surface area contributed by atoms with Gasteiger partial charge >= 0.3 is 6.18 Å². The van der Waals surface area contributed by atoms with Gasteiger partial charge in [-0.15, -0.1) is 0 Å². The molecule has 0 nitrogen and oxygen atoms in total. The normalized spacial score (nSPS) is 13.3. The molecular weight excluding hydrogens is 341 g/mol. The third kappa shape index (κ3) is 3.31. The summed E-state index contributed by atoms with van der Waals surface area (Å²) in [5.41, 5.74) is 0.283. The van der Waals surface area contributed by atoms with E-state index >= 15 is 0 Å². The summed E-state index contributed by atoms with van der Waals surface area (Å²) in [6, 6.07) is 12.2. The van der Waals surface area contributed by atoms with Crippen LogP contribution in [-0.2, 0) is 6.18 Å². The number of benzene rings is 2. The first-order chi connectivity index (χ1) is 8.89. The van der Waals surface area contributed by atoms with Gasteiger partial charge in [0, 0.05) is 5.02 Å². The summed E-state index contributed by atoms with van der Waals surface area (Å²) in [6.45, 7) is 0. The highest BCUT2D eigenvalue weighted by atomic mass is 79.9. The van der Waals surface area contributed by atoms with Crippen LogP contribution < -0.4 is 0 Å². The molecule has 0 fully saturated rings. The standard InChI is InChI=1S/C14H9BrClF3/c15-13(9-5-7-10(16)8-6-9)11-3-1-2-4-12(11)14(17,18)19/h1-8,13H. The molecule has 2 aromatic rings. The first kappa shape index (κ1) is 14.4. The Morgan fingerprint density at radius 1 is 0.947 bits per heavy atom. The van der Waals surface area contributed by atoms with Crippen molar-refractivity contribution < 1.29 is 13.2 Å². The van der Waals surface area contributed by atoms with Crippen LogP contribution in [-0.4, -0.2) is 0 Å². The summed E-state index contributed by atoms with van der Waals surface area (Å²) < 4.78 is 38.8.